The predicted molar refractivity (Wildman–Crippen MR) is 74.4 cm³/mol. The summed E-state index contributed by atoms with van der Waals surface area (Å²) in [6, 6.07) is 7.69. The van der Waals surface area contributed by atoms with E-state index in [-0.39, 0.29) is 6.61 Å². The Morgan fingerprint density at radius 3 is 2.44 bits per heavy atom. The van der Waals surface area contributed by atoms with Gasteiger partial charge in [-0.25, -0.2) is 4.98 Å². The minimum Gasteiger partial charge on any atom is -0.497 e. The third-order valence-electron chi connectivity index (χ3n) is 2.58. The van der Waals surface area contributed by atoms with Crippen LogP contribution in [0, 0.1) is 0 Å². The zero-order valence-corrected chi connectivity index (χ0v) is 11.5. The summed E-state index contributed by atoms with van der Waals surface area (Å²) in [6.45, 7) is 0.00681. The van der Waals surface area contributed by atoms with Crippen LogP contribution in [-0.4, -0.2) is 31.3 Å². The molecule has 1 heterocycles. The van der Waals surface area contributed by atoms with Crippen molar-refractivity contribution in [1.29, 1.82) is 0 Å². The lowest BCUT2D eigenvalue weighted by molar-refractivity contribution is 0.286. The van der Waals surface area contributed by atoms with E-state index in [0.717, 1.165) is 27.0 Å². The van der Waals surface area contributed by atoms with E-state index >= 15 is 0 Å². The molecular weight excluding hydrogens is 248 g/mol. The molecule has 0 unspecified atom stereocenters. The fraction of sp³-hybridized carbons (Fsp3) is 0.308. The first-order valence-corrected chi connectivity index (χ1v) is 6.39. The van der Waals surface area contributed by atoms with Gasteiger partial charge in [0.2, 0.25) is 0 Å². The van der Waals surface area contributed by atoms with Crippen molar-refractivity contribution in [3.63, 3.8) is 0 Å². The Labute approximate surface area is 110 Å². The molecule has 4 nitrogen and oxygen atoms in total. The monoisotopic (exact) mass is 264 g/mol. The summed E-state index contributed by atoms with van der Waals surface area (Å²) in [5.74, 6) is 0.812. The summed E-state index contributed by atoms with van der Waals surface area (Å²) < 4.78 is 5.13. The average Bonchev–Trinajstić information content (AvgIpc) is 2.83. The predicted octanol–water partition coefficient (Wildman–Crippen LogP) is 2.38. The maximum Gasteiger partial charge on any atom is 0.185 e. The van der Waals surface area contributed by atoms with Crippen LogP contribution in [0.4, 0.5) is 5.13 Å². The number of aliphatic hydroxyl groups is 1. The number of aromatic nitrogens is 1. The van der Waals surface area contributed by atoms with E-state index < -0.39 is 0 Å². The largest absolute Gasteiger partial charge is 0.497 e. The number of hydrogen-bond donors (Lipinski definition) is 1. The maximum atomic E-state index is 9.40. The van der Waals surface area contributed by atoms with Crippen LogP contribution in [0.2, 0.25) is 0 Å². The number of methoxy groups -OCH3 is 1. The van der Waals surface area contributed by atoms with Crippen molar-refractivity contribution >= 4 is 16.5 Å². The quantitative estimate of drug-likeness (QED) is 0.921. The second kappa shape index (κ2) is 5.37. The first kappa shape index (κ1) is 12.9. The highest BCUT2D eigenvalue weighted by molar-refractivity contribution is 7.16. The summed E-state index contributed by atoms with van der Waals surface area (Å²) >= 11 is 1.51. The summed E-state index contributed by atoms with van der Waals surface area (Å²) in [5, 5.41) is 10.3. The number of anilines is 1. The highest BCUT2D eigenvalue weighted by atomic mass is 32.1. The van der Waals surface area contributed by atoms with Crippen LogP contribution in [0.5, 0.6) is 5.75 Å². The van der Waals surface area contributed by atoms with Crippen molar-refractivity contribution < 1.29 is 9.84 Å². The number of ether oxygens (including phenoxy) is 1. The van der Waals surface area contributed by atoms with Gasteiger partial charge in [-0.05, 0) is 24.3 Å². The highest BCUT2D eigenvalue weighted by Crippen LogP contribution is 2.33. The second-order valence-electron chi connectivity index (χ2n) is 4.05. The molecule has 1 aromatic heterocycles. The molecule has 0 aliphatic carbocycles. The molecule has 96 valence electrons. The van der Waals surface area contributed by atoms with E-state index in [0.29, 0.717) is 0 Å². The van der Waals surface area contributed by atoms with Gasteiger partial charge in [0, 0.05) is 19.7 Å². The standard InChI is InChI=1S/C13H16N2O2S/c1-15(2)13-14-12(11(8-16)18-13)9-4-6-10(17-3)7-5-9/h4-7,16H,8H2,1-3H3. The van der Waals surface area contributed by atoms with Gasteiger partial charge in [-0.2, -0.15) is 0 Å². The number of nitrogens with zero attached hydrogens (tertiary/aromatic N) is 2. The fourth-order valence-corrected chi connectivity index (χ4v) is 2.48. The maximum absolute atomic E-state index is 9.40. The van der Waals surface area contributed by atoms with Crippen molar-refractivity contribution in [3.05, 3.63) is 29.1 Å². The lowest BCUT2D eigenvalue weighted by Crippen LogP contribution is -2.07. The highest BCUT2D eigenvalue weighted by Gasteiger charge is 2.13. The molecule has 0 spiro atoms. The summed E-state index contributed by atoms with van der Waals surface area (Å²) in [6.07, 6.45) is 0. The van der Waals surface area contributed by atoms with Gasteiger partial charge in [0.15, 0.2) is 5.13 Å². The van der Waals surface area contributed by atoms with Crippen LogP contribution >= 0.6 is 11.3 Å². The van der Waals surface area contributed by atoms with Gasteiger partial charge < -0.3 is 14.7 Å². The third-order valence-corrected chi connectivity index (χ3v) is 3.78. The molecule has 5 heteroatoms. The van der Waals surface area contributed by atoms with Gasteiger partial charge in [-0.3, -0.25) is 0 Å². The minimum absolute atomic E-state index is 0.00681. The van der Waals surface area contributed by atoms with Gasteiger partial charge in [0.05, 0.1) is 24.3 Å². The Bertz CT molecular complexity index is 520. The number of rotatable bonds is 4. The van der Waals surface area contributed by atoms with Crippen molar-refractivity contribution in [3.8, 4) is 17.0 Å². The van der Waals surface area contributed by atoms with Crippen molar-refractivity contribution in [2.45, 2.75) is 6.61 Å². The van der Waals surface area contributed by atoms with Gasteiger partial charge in [0.1, 0.15) is 5.75 Å². The summed E-state index contributed by atoms with van der Waals surface area (Å²) in [4.78, 5) is 7.37. The Hall–Kier alpha value is -1.59. The van der Waals surface area contributed by atoms with Crippen LogP contribution in [0.1, 0.15) is 4.88 Å². The van der Waals surface area contributed by atoms with Gasteiger partial charge in [-0.15, -0.1) is 0 Å². The first-order chi connectivity index (χ1) is 8.65. The Kier molecular flexibility index (Phi) is 3.84. The van der Waals surface area contributed by atoms with Crippen LogP contribution in [0.15, 0.2) is 24.3 Å². The molecule has 2 aromatic rings. The zero-order valence-electron chi connectivity index (χ0n) is 10.7. The van der Waals surface area contributed by atoms with E-state index in [2.05, 4.69) is 4.98 Å². The lowest BCUT2D eigenvalue weighted by atomic mass is 10.1. The molecule has 2 rings (SSSR count). The number of aliphatic hydroxyl groups excluding tert-OH is 1. The molecule has 0 saturated carbocycles. The van der Waals surface area contributed by atoms with E-state index in [4.69, 9.17) is 4.74 Å². The molecule has 0 fully saturated rings. The fourth-order valence-electron chi connectivity index (χ4n) is 1.61. The first-order valence-electron chi connectivity index (χ1n) is 5.58. The van der Waals surface area contributed by atoms with Crippen molar-refractivity contribution in [2.24, 2.45) is 0 Å². The molecule has 0 saturated heterocycles. The van der Waals surface area contributed by atoms with Gasteiger partial charge in [-0.1, -0.05) is 11.3 Å². The van der Waals surface area contributed by atoms with E-state index in [1.165, 1.54) is 11.3 Å². The molecule has 1 N–H and O–H groups in total. The minimum atomic E-state index is 0.00681. The van der Waals surface area contributed by atoms with Crippen LogP contribution in [0.3, 0.4) is 0 Å². The van der Waals surface area contributed by atoms with Crippen molar-refractivity contribution in [2.75, 3.05) is 26.1 Å². The molecule has 18 heavy (non-hydrogen) atoms. The second-order valence-corrected chi connectivity index (χ2v) is 5.11. The topological polar surface area (TPSA) is 45.6 Å². The molecule has 0 bridgehead atoms. The Morgan fingerprint density at radius 2 is 1.94 bits per heavy atom. The molecule has 0 amide bonds. The van der Waals surface area contributed by atoms with Crippen LogP contribution in [0.25, 0.3) is 11.3 Å². The molecule has 0 aliphatic heterocycles. The van der Waals surface area contributed by atoms with Crippen molar-refractivity contribution in [1.82, 2.24) is 4.98 Å². The van der Waals surface area contributed by atoms with Crippen LogP contribution < -0.4 is 9.64 Å². The van der Waals surface area contributed by atoms with E-state index in [9.17, 15) is 5.11 Å². The lowest BCUT2D eigenvalue weighted by Gasteiger charge is -2.05. The van der Waals surface area contributed by atoms with Gasteiger partial charge >= 0.3 is 0 Å². The molecule has 1 aromatic carbocycles. The zero-order chi connectivity index (χ0) is 13.1. The smallest absolute Gasteiger partial charge is 0.185 e. The number of hydrogen-bond acceptors (Lipinski definition) is 5. The van der Waals surface area contributed by atoms with Crippen LogP contribution in [-0.2, 0) is 6.61 Å². The molecule has 0 aliphatic rings. The van der Waals surface area contributed by atoms with Gasteiger partial charge in [0.25, 0.3) is 0 Å². The molecular formula is C13H16N2O2S. The van der Waals surface area contributed by atoms with E-state index in [1.54, 1.807) is 7.11 Å². The molecule has 0 atom stereocenters. The average molecular weight is 264 g/mol. The normalized spacial score (nSPS) is 10.4. The molecule has 0 radical (unpaired) electrons. The SMILES string of the molecule is COc1ccc(-c2nc(N(C)C)sc2CO)cc1. The third kappa shape index (κ3) is 2.47. The number of benzene rings is 1. The number of thiazole rings is 1. The summed E-state index contributed by atoms with van der Waals surface area (Å²) in [7, 11) is 5.52. The summed E-state index contributed by atoms with van der Waals surface area (Å²) in [5.41, 5.74) is 1.83. The van der Waals surface area contributed by atoms with E-state index in [1.807, 2.05) is 43.3 Å². The Balaban J connectivity index is 2.41. The Morgan fingerprint density at radius 1 is 1.28 bits per heavy atom.